The number of fused-ring (bicyclic) bond motifs is 1. The van der Waals surface area contributed by atoms with Crippen molar-refractivity contribution in [3.05, 3.63) is 46.0 Å². The van der Waals surface area contributed by atoms with Crippen LogP contribution in [0.3, 0.4) is 0 Å². The molecule has 0 bridgehead atoms. The van der Waals surface area contributed by atoms with Gasteiger partial charge in [-0.05, 0) is 62.2 Å². The van der Waals surface area contributed by atoms with Gasteiger partial charge in [0.15, 0.2) is 8.32 Å². The minimum atomic E-state index is -2.00. The summed E-state index contributed by atoms with van der Waals surface area (Å²) in [5.41, 5.74) is 2.20. The Morgan fingerprint density at radius 3 is 2.37 bits per heavy atom. The van der Waals surface area contributed by atoms with Crippen LogP contribution in [0.15, 0.2) is 24.5 Å². The quantitative estimate of drug-likeness (QED) is 0.348. The predicted molar refractivity (Wildman–Crippen MR) is 146 cm³/mol. The van der Waals surface area contributed by atoms with Crippen molar-refractivity contribution in [1.82, 2.24) is 9.97 Å². The minimum absolute atomic E-state index is 0.0165. The van der Waals surface area contributed by atoms with Crippen molar-refractivity contribution in [2.45, 2.75) is 64.8 Å². The number of hydrogen-bond donors (Lipinski definition) is 1. The van der Waals surface area contributed by atoms with Gasteiger partial charge >= 0.3 is 0 Å². The number of aliphatic hydroxyl groups is 1. The van der Waals surface area contributed by atoms with Gasteiger partial charge in [0.05, 0.1) is 12.2 Å². The average Bonchev–Trinajstić information content (AvgIpc) is 3.10. The molecule has 1 aliphatic heterocycles. The number of nitrogens with zero attached hydrogens (tertiary/aromatic N) is 4. The second kappa shape index (κ2) is 10.3. The Kier molecular flexibility index (Phi) is 8.23. The van der Waals surface area contributed by atoms with E-state index >= 15 is 0 Å². The molecule has 1 aromatic carbocycles. The molecular formula is C25H36Cl2N4O3Si. The lowest BCUT2D eigenvalue weighted by atomic mass is 10.1. The highest BCUT2D eigenvalue weighted by Gasteiger charge is 2.37. The van der Waals surface area contributed by atoms with E-state index in [0.717, 1.165) is 29.9 Å². The van der Waals surface area contributed by atoms with Crippen LogP contribution >= 0.6 is 23.2 Å². The van der Waals surface area contributed by atoms with Crippen molar-refractivity contribution in [2.24, 2.45) is 0 Å². The summed E-state index contributed by atoms with van der Waals surface area (Å²) in [6.07, 6.45) is 2.07. The van der Waals surface area contributed by atoms with E-state index in [-0.39, 0.29) is 26.8 Å². The molecule has 0 aliphatic carbocycles. The normalized spacial score (nSPS) is 14.3. The first-order valence-electron chi connectivity index (χ1n) is 11.8. The van der Waals surface area contributed by atoms with E-state index in [2.05, 4.69) is 48.7 Å². The van der Waals surface area contributed by atoms with Crippen LogP contribution in [0.25, 0.3) is 0 Å². The predicted octanol–water partition coefficient (Wildman–Crippen LogP) is 5.59. The highest BCUT2D eigenvalue weighted by molar-refractivity contribution is 6.74. The molecule has 2 heterocycles. The van der Waals surface area contributed by atoms with Crippen LogP contribution in [-0.4, -0.2) is 61.1 Å². The third kappa shape index (κ3) is 6.54. The van der Waals surface area contributed by atoms with E-state index in [1.165, 1.54) is 6.33 Å². The monoisotopic (exact) mass is 538 g/mol. The summed E-state index contributed by atoms with van der Waals surface area (Å²) in [6, 6.07) is 5.94. The van der Waals surface area contributed by atoms with Gasteiger partial charge in [-0.3, -0.25) is 4.79 Å². The van der Waals surface area contributed by atoms with Crippen LogP contribution in [0.2, 0.25) is 28.4 Å². The van der Waals surface area contributed by atoms with E-state index in [0.29, 0.717) is 19.7 Å². The van der Waals surface area contributed by atoms with Crippen LogP contribution in [0.4, 0.5) is 11.4 Å². The Morgan fingerprint density at radius 1 is 1.17 bits per heavy atom. The smallest absolute Gasteiger partial charge is 0.264 e. The number of hydrogen-bond acceptors (Lipinski definition) is 6. The Bertz CT molecular complexity index is 1060. The Morgan fingerprint density at radius 2 is 1.80 bits per heavy atom. The molecule has 0 saturated heterocycles. The van der Waals surface area contributed by atoms with E-state index in [1.54, 1.807) is 18.7 Å². The number of β-amino-alcohol motifs (C(OH)–C–C–N with tert-alkyl or cyclic N) is 1. The molecule has 7 nitrogen and oxygen atoms in total. The molecule has 2 aromatic rings. The maximum Gasteiger partial charge on any atom is 0.264 e. The standard InChI is InChI=1S/C25H36Cl2N4O3Si/c1-24(2,3)35(6,7)34-13-12-31(23(32)20-21(26)28-16-29-22(20)27)18-8-9-19-17(14-18)10-11-30(19)15-25(4,5)33/h8-9,14,16,33H,10-13,15H2,1-7H3. The van der Waals surface area contributed by atoms with E-state index in [4.69, 9.17) is 27.6 Å². The molecular weight excluding hydrogens is 503 g/mol. The molecule has 35 heavy (non-hydrogen) atoms. The SMILES string of the molecule is CC(C)(O)CN1CCc2cc(N(CCO[Si](C)(C)C(C)(C)C)C(=O)c3c(Cl)ncnc3Cl)ccc21. The van der Waals surface area contributed by atoms with Crippen LogP contribution in [0, 0.1) is 0 Å². The summed E-state index contributed by atoms with van der Waals surface area (Å²) in [5.74, 6) is -0.370. The maximum atomic E-state index is 13.7. The highest BCUT2D eigenvalue weighted by atomic mass is 35.5. The largest absolute Gasteiger partial charge is 0.415 e. The number of carbonyl (C=O) groups is 1. The Hall–Kier alpha value is -1.71. The van der Waals surface area contributed by atoms with Crippen molar-refractivity contribution in [1.29, 1.82) is 0 Å². The number of anilines is 2. The third-order valence-corrected chi connectivity index (χ3v) is 11.9. The van der Waals surface area contributed by atoms with Gasteiger partial charge in [-0.25, -0.2) is 9.97 Å². The lowest BCUT2D eigenvalue weighted by molar-refractivity contribution is 0.0878. The van der Waals surface area contributed by atoms with Crippen molar-refractivity contribution in [2.75, 3.05) is 36.0 Å². The minimum Gasteiger partial charge on any atom is -0.415 e. The van der Waals surface area contributed by atoms with Crippen molar-refractivity contribution >= 4 is 48.8 Å². The van der Waals surface area contributed by atoms with Crippen LogP contribution in [-0.2, 0) is 10.8 Å². The summed E-state index contributed by atoms with van der Waals surface area (Å²) in [7, 11) is -2.00. The lowest BCUT2D eigenvalue weighted by Gasteiger charge is -2.37. The van der Waals surface area contributed by atoms with Gasteiger partial charge in [-0.2, -0.15) is 0 Å². The fourth-order valence-electron chi connectivity index (χ4n) is 3.87. The fourth-order valence-corrected chi connectivity index (χ4v) is 5.38. The molecule has 1 N–H and O–H groups in total. The number of halogens is 2. The van der Waals surface area contributed by atoms with Gasteiger partial charge < -0.3 is 19.3 Å². The summed E-state index contributed by atoms with van der Waals surface area (Å²) in [6.45, 7) is 16.6. The van der Waals surface area contributed by atoms with Gasteiger partial charge in [0.1, 0.15) is 22.2 Å². The first-order valence-corrected chi connectivity index (χ1v) is 15.5. The zero-order valence-corrected chi connectivity index (χ0v) is 24.2. The Balaban J connectivity index is 1.92. The average molecular weight is 540 g/mol. The van der Waals surface area contributed by atoms with Crippen molar-refractivity contribution in [3.8, 4) is 0 Å². The molecule has 0 saturated carbocycles. The number of amides is 1. The van der Waals surface area contributed by atoms with Crippen molar-refractivity contribution < 1.29 is 14.3 Å². The van der Waals surface area contributed by atoms with Crippen LogP contribution in [0.1, 0.15) is 50.5 Å². The molecule has 0 unspecified atom stereocenters. The molecule has 192 valence electrons. The molecule has 0 atom stereocenters. The van der Waals surface area contributed by atoms with E-state index in [1.807, 2.05) is 18.2 Å². The maximum absolute atomic E-state index is 13.7. The molecule has 1 aliphatic rings. The lowest BCUT2D eigenvalue weighted by Crippen LogP contribution is -2.43. The summed E-state index contributed by atoms with van der Waals surface area (Å²) in [5, 5.41) is 10.4. The van der Waals surface area contributed by atoms with Crippen LogP contribution in [0.5, 0.6) is 0 Å². The van der Waals surface area contributed by atoms with Crippen LogP contribution < -0.4 is 9.80 Å². The number of aromatic nitrogens is 2. The molecule has 3 rings (SSSR count). The summed E-state index contributed by atoms with van der Waals surface area (Å²) < 4.78 is 6.37. The third-order valence-electron chi connectivity index (χ3n) is 6.74. The van der Waals surface area contributed by atoms with Crippen molar-refractivity contribution in [3.63, 3.8) is 0 Å². The first kappa shape index (κ1) is 27.9. The van der Waals surface area contributed by atoms with Gasteiger partial charge in [0.2, 0.25) is 0 Å². The number of benzene rings is 1. The molecule has 0 fully saturated rings. The summed E-state index contributed by atoms with van der Waals surface area (Å²) in [4.78, 5) is 25.4. The number of rotatable bonds is 8. The van der Waals surface area contributed by atoms with E-state index in [9.17, 15) is 9.90 Å². The van der Waals surface area contributed by atoms with Gasteiger partial charge in [-0.1, -0.05) is 44.0 Å². The molecule has 0 radical (unpaired) electrons. The highest BCUT2D eigenvalue weighted by Crippen LogP contribution is 2.37. The zero-order chi connectivity index (χ0) is 26.2. The first-order chi connectivity index (χ1) is 16.1. The second-order valence-electron chi connectivity index (χ2n) is 11.2. The van der Waals surface area contributed by atoms with Gasteiger partial charge in [0, 0.05) is 31.0 Å². The summed E-state index contributed by atoms with van der Waals surface area (Å²) >= 11 is 12.5. The zero-order valence-electron chi connectivity index (χ0n) is 21.7. The molecule has 0 spiro atoms. The fraction of sp³-hybridized carbons (Fsp3) is 0.560. The van der Waals surface area contributed by atoms with E-state index < -0.39 is 13.9 Å². The molecule has 1 amide bonds. The molecule has 10 heteroatoms. The van der Waals surface area contributed by atoms with Gasteiger partial charge in [0.25, 0.3) is 5.91 Å². The van der Waals surface area contributed by atoms with Gasteiger partial charge in [-0.15, -0.1) is 0 Å². The molecule has 1 aromatic heterocycles. The topological polar surface area (TPSA) is 78.8 Å². The second-order valence-corrected chi connectivity index (χ2v) is 16.7. The number of carbonyl (C=O) groups excluding carboxylic acids is 1. The Labute approximate surface area is 219 Å².